The van der Waals surface area contributed by atoms with Gasteiger partial charge >= 0.3 is 5.97 Å². The quantitative estimate of drug-likeness (QED) is 0.672. The van der Waals surface area contributed by atoms with Gasteiger partial charge in [-0.2, -0.15) is 0 Å². The van der Waals surface area contributed by atoms with Crippen LogP contribution in [0.1, 0.15) is 0 Å². The first kappa shape index (κ1) is 16.2. The Bertz CT molecular complexity index is 513. The lowest BCUT2D eigenvalue weighted by molar-refractivity contribution is -0.892. The van der Waals surface area contributed by atoms with Crippen molar-refractivity contribution in [3.8, 4) is 0 Å². The van der Waals surface area contributed by atoms with Crippen molar-refractivity contribution in [2.75, 3.05) is 51.3 Å². The highest BCUT2D eigenvalue weighted by Gasteiger charge is 2.22. The summed E-state index contributed by atoms with van der Waals surface area (Å²) in [6.45, 7) is 3.51. The molecule has 2 N–H and O–H groups in total. The van der Waals surface area contributed by atoms with Crippen LogP contribution in [0.2, 0.25) is 0 Å². The number of methoxy groups -OCH3 is 1. The first-order chi connectivity index (χ1) is 10.6. The second-order valence-electron chi connectivity index (χ2n) is 5.24. The third kappa shape index (κ3) is 4.70. The molecular formula is C15H21FN3O3+. The number of nitrogens with one attached hydrogen (secondary N) is 2. The summed E-state index contributed by atoms with van der Waals surface area (Å²) in [7, 11) is 1.29. The number of rotatable bonds is 5. The van der Waals surface area contributed by atoms with E-state index in [0.717, 1.165) is 31.9 Å². The molecule has 1 aliphatic heterocycles. The van der Waals surface area contributed by atoms with E-state index in [1.165, 1.54) is 24.1 Å². The molecule has 0 aromatic heterocycles. The maximum Gasteiger partial charge on any atom is 0.325 e. The minimum atomic E-state index is -0.454. The molecule has 2 rings (SSSR count). The van der Waals surface area contributed by atoms with Gasteiger partial charge in [-0.3, -0.25) is 9.59 Å². The number of benzene rings is 1. The molecule has 1 saturated heterocycles. The fourth-order valence-electron chi connectivity index (χ4n) is 2.44. The third-order valence-corrected chi connectivity index (χ3v) is 3.73. The summed E-state index contributed by atoms with van der Waals surface area (Å²) in [6, 6.07) is 6.44. The zero-order valence-corrected chi connectivity index (χ0v) is 12.6. The molecule has 0 spiro atoms. The molecular weight excluding hydrogens is 289 g/mol. The van der Waals surface area contributed by atoms with Crippen LogP contribution in [-0.2, 0) is 14.3 Å². The van der Waals surface area contributed by atoms with Gasteiger partial charge in [-0.25, -0.2) is 4.39 Å². The van der Waals surface area contributed by atoms with Crippen LogP contribution in [-0.4, -0.2) is 58.3 Å². The number of quaternary nitrogens is 1. The summed E-state index contributed by atoms with van der Waals surface area (Å²) in [6.07, 6.45) is 0. The van der Waals surface area contributed by atoms with Crippen molar-refractivity contribution in [2.45, 2.75) is 0 Å². The Kier molecular flexibility index (Phi) is 5.71. The molecule has 1 heterocycles. The van der Waals surface area contributed by atoms with E-state index < -0.39 is 5.97 Å². The molecule has 1 aromatic rings. The highest BCUT2D eigenvalue weighted by Crippen LogP contribution is 2.14. The second kappa shape index (κ2) is 7.74. The van der Waals surface area contributed by atoms with Gasteiger partial charge in [-0.15, -0.1) is 0 Å². The van der Waals surface area contributed by atoms with Gasteiger partial charge in [-0.05, 0) is 24.3 Å². The zero-order chi connectivity index (χ0) is 15.9. The molecule has 120 valence electrons. The Labute approximate surface area is 128 Å². The van der Waals surface area contributed by atoms with Crippen molar-refractivity contribution in [3.63, 3.8) is 0 Å². The van der Waals surface area contributed by atoms with E-state index in [4.69, 9.17) is 0 Å². The van der Waals surface area contributed by atoms with Crippen molar-refractivity contribution < 1.29 is 23.6 Å². The highest BCUT2D eigenvalue weighted by atomic mass is 19.1. The fraction of sp³-hybridized carbons (Fsp3) is 0.467. The second-order valence-corrected chi connectivity index (χ2v) is 5.24. The lowest BCUT2D eigenvalue weighted by Gasteiger charge is -2.33. The van der Waals surface area contributed by atoms with Crippen LogP contribution in [0.3, 0.4) is 0 Å². The van der Waals surface area contributed by atoms with Crippen LogP contribution < -0.4 is 15.1 Å². The highest BCUT2D eigenvalue weighted by molar-refractivity contribution is 5.82. The standard InChI is InChI=1S/C15H20FN3O3/c1-22-15(21)10-17-14(20)11-18-6-8-19(9-7-18)13-4-2-12(16)3-5-13/h2-5H,6-11H2,1H3,(H,17,20)/p+1. The van der Waals surface area contributed by atoms with Gasteiger partial charge in [-0.1, -0.05) is 0 Å². The van der Waals surface area contributed by atoms with E-state index in [2.05, 4.69) is 15.0 Å². The van der Waals surface area contributed by atoms with E-state index in [-0.39, 0.29) is 18.3 Å². The first-order valence-electron chi connectivity index (χ1n) is 7.26. The minimum absolute atomic E-state index is 0.0929. The van der Waals surface area contributed by atoms with Crippen molar-refractivity contribution >= 4 is 17.6 Å². The van der Waals surface area contributed by atoms with Gasteiger partial charge < -0.3 is 19.9 Å². The van der Waals surface area contributed by atoms with Crippen LogP contribution in [0, 0.1) is 5.82 Å². The summed E-state index contributed by atoms with van der Waals surface area (Å²) >= 11 is 0. The Morgan fingerprint density at radius 2 is 1.91 bits per heavy atom. The molecule has 0 bridgehead atoms. The average Bonchev–Trinajstić information content (AvgIpc) is 2.54. The van der Waals surface area contributed by atoms with Crippen LogP contribution in [0.25, 0.3) is 0 Å². The molecule has 0 saturated carbocycles. The Morgan fingerprint density at radius 3 is 2.50 bits per heavy atom. The SMILES string of the molecule is COC(=O)CNC(=O)C[NH+]1CCN(c2ccc(F)cc2)CC1. The summed E-state index contributed by atoms with van der Waals surface area (Å²) in [5.74, 6) is -0.851. The molecule has 0 atom stereocenters. The Hall–Kier alpha value is -2.15. The molecule has 6 nitrogen and oxygen atoms in total. The molecule has 0 aliphatic carbocycles. The summed E-state index contributed by atoms with van der Waals surface area (Å²) in [5.41, 5.74) is 0.996. The largest absolute Gasteiger partial charge is 0.468 e. The predicted octanol–water partition coefficient (Wildman–Crippen LogP) is -1.18. The van der Waals surface area contributed by atoms with Crippen LogP contribution in [0.15, 0.2) is 24.3 Å². The number of carbonyl (C=O) groups is 2. The normalized spacial score (nSPS) is 15.5. The predicted molar refractivity (Wildman–Crippen MR) is 79.2 cm³/mol. The summed E-state index contributed by atoms with van der Waals surface area (Å²) in [5, 5.41) is 2.54. The molecule has 22 heavy (non-hydrogen) atoms. The number of halogens is 1. The van der Waals surface area contributed by atoms with E-state index in [0.29, 0.717) is 6.54 Å². The number of ether oxygens (including phenoxy) is 1. The maximum absolute atomic E-state index is 12.9. The number of esters is 1. The van der Waals surface area contributed by atoms with E-state index in [1.54, 1.807) is 12.1 Å². The number of hydrogen-bond acceptors (Lipinski definition) is 4. The van der Waals surface area contributed by atoms with Crippen molar-refractivity contribution in [3.05, 3.63) is 30.1 Å². The number of amides is 1. The monoisotopic (exact) mass is 310 g/mol. The van der Waals surface area contributed by atoms with Crippen LogP contribution in [0.5, 0.6) is 0 Å². The van der Waals surface area contributed by atoms with Gasteiger partial charge in [0.25, 0.3) is 5.91 Å². The molecule has 1 amide bonds. The van der Waals surface area contributed by atoms with Gasteiger partial charge in [0.2, 0.25) is 0 Å². The van der Waals surface area contributed by atoms with Gasteiger partial charge in [0, 0.05) is 5.69 Å². The number of hydrogen-bond donors (Lipinski definition) is 2. The number of anilines is 1. The number of piperazine rings is 1. The Morgan fingerprint density at radius 1 is 1.27 bits per heavy atom. The third-order valence-electron chi connectivity index (χ3n) is 3.73. The van der Waals surface area contributed by atoms with Crippen LogP contribution >= 0.6 is 0 Å². The number of nitrogens with zero attached hydrogens (tertiary/aromatic N) is 1. The number of carbonyl (C=O) groups excluding carboxylic acids is 2. The fourth-order valence-corrected chi connectivity index (χ4v) is 2.44. The minimum Gasteiger partial charge on any atom is -0.468 e. The lowest BCUT2D eigenvalue weighted by Crippen LogP contribution is -3.16. The Balaban J connectivity index is 1.74. The maximum atomic E-state index is 12.9. The molecule has 0 radical (unpaired) electrons. The van der Waals surface area contributed by atoms with Gasteiger partial charge in [0.15, 0.2) is 6.54 Å². The van der Waals surface area contributed by atoms with Gasteiger partial charge in [0.1, 0.15) is 12.4 Å². The van der Waals surface area contributed by atoms with E-state index in [1.807, 2.05) is 0 Å². The smallest absolute Gasteiger partial charge is 0.325 e. The first-order valence-corrected chi connectivity index (χ1v) is 7.26. The van der Waals surface area contributed by atoms with Crippen LogP contribution in [0.4, 0.5) is 10.1 Å². The topological polar surface area (TPSA) is 63.1 Å². The molecule has 1 aliphatic rings. The summed E-state index contributed by atoms with van der Waals surface area (Å²) in [4.78, 5) is 26.0. The van der Waals surface area contributed by atoms with Crippen molar-refractivity contribution in [2.24, 2.45) is 0 Å². The van der Waals surface area contributed by atoms with Gasteiger partial charge in [0.05, 0.1) is 33.3 Å². The van der Waals surface area contributed by atoms with Crippen molar-refractivity contribution in [1.29, 1.82) is 0 Å². The van der Waals surface area contributed by atoms with Crippen molar-refractivity contribution in [1.82, 2.24) is 5.32 Å². The molecule has 7 heteroatoms. The molecule has 1 fully saturated rings. The van der Waals surface area contributed by atoms with E-state index >= 15 is 0 Å². The molecule has 0 unspecified atom stereocenters. The van der Waals surface area contributed by atoms with E-state index in [9.17, 15) is 14.0 Å². The summed E-state index contributed by atoms with van der Waals surface area (Å²) < 4.78 is 17.4. The zero-order valence-electron chi connectivity index (χ0n) is 12.6. The lowest BCUT2D eigenvalue weighted by atomic mass is 10.2. The molecule has 1 aromatic carbocycles. The average molecular weight is 310 g/mol.